The maximum absolute atomic E-state index is 12.2. The van der Waals surface area contributed by atoms with Crippen LogP contribution in [0.25, 0.3) is 0 Å². The van der Waals surface area contributed by atoms with E-state index in [4.69, 9.17) is 0 Å². The highest BCUT2D eigenvalue weighted by Crippen LogP contribution is 2.18. The Bertz CT molecular complexity index is 619. The van der Waals surface area contributed by atoms with E-state index < -0.39 is 19.4 Å². The SMILES string of the molecule is O=S1(=O)c2cnccc2[SiH2]c2ccncc21. The molecule has 0 aromatic carbocycles. The Balaban J connectivity index is 2.37. The molecule has 0 saturated carbocycles. The first-order chi connectivity index (χ1) is 7.69. The van der Waals surface area contributed by atoms with Crippen molar-refractivity contribution in [2.75, 3.05) is 0 Å². The lowest BCUT2D eigenvalue weighted by atomic mass is 10.5. The van der Waals surface area contributed by atoms with Gasteiger partial charge in [0.1, 0.15) is 0 Å². The number of pyridine rings is 2. The molecule has 1 aliphatic rings. The largest absolute Gasteiger partial charge is 0.263 e. The van der Waals surface area contributed by atoms with Crippen molar-refractivity contribution in [1.82, 2.24) is 9.97 Å². The van der Waals surface area contributed by atoms with Crippen molar-refractivity contribution >= 4 is 29.7 Å². The summed E-state index contributed by atoms with van der Waals surface area (Å²) in [6.45, 7) is 0. The molecule has 0 saturated heterocycles. The fourth-order valence-corrected chi connectivity index (χ4v) is 6.34. The molecule has 3 rings (SSSR count). The minimum Gasteiger partial charge on any atom is -0.263 e. The molecule has 80 valence electrons. The lowest BCUT2D eigenvalue weighted by molar-refractivity contribution is 0.596. The summed E-state index contributed by atoms with van der Waals surface area (Å²) in [5, 5.41) is 1.88. The first-order valence-corrected chi connectivity index (χ1v) is 7.70. The van der Waals surface area contributed by atoms with Crippen LogP contribution in [0.1, 0.15) is 0 Å². The number of hydrogen-bond donors (Lipinski definition) is 0. The molecule has 0 aliphatic carbocycles. The van der Waals surface area contributed by atoms with Crippen LogP contribution < -0.4 is 10.4 Å². The molecule has 1 aliphatic heterocycles. The number of rotatable bonds is 0. The molecule has 16 heavy (non-hydrogen) atoms. The summed E-state index contributed by atoms with van der Waals surface area (Å²) in [5.74, 6) is 0. The summed E-state index contributed by atoms with van der Waals surface area (Å²) in [6, 6.07) is 3.62. The van der Waals surface area contributed by atoms with Gasteiger partial charge in [0.25, 0.3) is 0 Å². The summed E-state index contributed by atoms with van der Waals surface area (Å²) in [5.41, 5.74) is 0. The maximum atomic E-state index is 12.2. The second kappa shape index (κ2) is 3.23. The fourth-order valence-electron chi connectivity index (χ4n) is 1.92. The highest BCUT2D eigenvalue weighted by molar-refractivity contribution is 7.92. The zero-order chi connectivity index (χ0) is 11.2. The number of fused-ring (bicyclic) bond motifs is 2. The van der Waals surface area contributed by atoms with Gasteiger partial charge >= 0.3 is 0 Å². The van der Waals surface area contributed by atoms with Crippen LogP contribution in [-0.2, 0) is 9.84 Å². The van der Waals surface area contributed by atoms with Gasteiger partial charge in [-0.2, -0.15) is 0 Å². The molecule has 0 amide bonds. The molecule has 0 fully saturated rings. The van der Waals surface area contributed by atoms with Crippen LogP contribution in [0, 0.1) is 0 Å². The Labute approximate surface area is 95.1 Å². The molecule has 2 aromatic rings. The Morgan fingerprint density at radius 2 is 1.44 bits per heavy atom. The van der Waals surface area contributed by atoms with Crippen LogP contribution in [0.2, 0.25) is 0 Å². The van der Waals surface area contributed by atoms with Gasteiger partial charge in [-0.15, -0.1) is 0 Å². The third-order valence-electron chi connectivity index (χ3n) is 2.70. The Kier molecular flexibility index (Phi) is 1.95. The zero-order valence-electron chi connectivity index (χ0n) is 8.29. The van der Waals surface area contributed by atoms with E-state index >= 15 is 0 Å². The van der Waals surface area contributed by atoms with Gasteiger partial charge in [-0.1, -0.05) is 0 Å². The third kappa shape index (κ3) is 1.23. The van der Waals surface area contributed by atoms with Gasteiger partial charge in [0.15, 0.2) is 0 Å². The molecule has 2 aromatic heterocycles. The van der Waals surface area contributed by atoms with E-state index in [1.165, 1.54) is 12.4 Å². The van der Waals surface area contributed by atoms with Crippen LogP contribution in [0.5, 0.6) is 0 Å². The molecule has 4 nitrogen and oxygen atoms in total. The van der Waals surface area contributed by atoms with Gasteiger partial charge < -0.3 is 0 Å². The van der Waals surface area contributed by atoms with Crippen molar-refractivity contribution in [3.8, 4) is 0 Å². The second-order valence-electron chi connectivity index (χ2n) is 3.65. The van der Waals surface area contributed by atoms with Crippen LogP contribution in [0.4, 0.5) is 0 Å². The quantitative estimate of drug-likeness (QED) is 0.466. The summed E-state index contributed by atoms with van der Waals surface area (Å²) < 4.78 is 24.5. The second-order valence-corrected chi connectivity index (χ2v) is 7.41. The Morgan fingerprint density at radius 1 is 0.938 bits per heavy atom. The number of hydrogen-bond acceptors (Lipinski definition) is 4. The van der Waals surface area contributed by atoms with E-state index in [2.05, 4.69) is 9.97 Å². The van der Waals surface area contributed by atoms with Gasteiger partial charge in [0, 0.05) is 24.8 Å². The van der Waals surface area contributed by atoms with E-state index in [1.807, 2.05) is 12.1 Å². The molecule has 0 radical (unpaired) electrons. The van der Waals surface area contributed by atoms with E-state index in [0.717, 1.165) is 10.4 Å². The van der Waals surface area contributed by atoms with Crippen LogP contribution in [0.15, 0.2) is 46.7 Å². The standard InChI is InChI=1S/C10H8N2O2SSi/c13-15(14)7-5-11-3-1-9(7)16-10-2-4-12-6-8(10)15/h1-6H,16H2. The van der Waals surface area contributed by atoms with E-state index in [-0.39, 0.29) is 0 Å². The van der Waals surface area contributed by atoms with Gasteiger partial charge in [-0.05, 0) is 22.5 Å². The minimum absolute atomic E-state index is 0.363. The summed E-state index contributed by atoms with van der Waals surface area (Å²) >= 11 is 0. The van der Waals surface area contributed by atoms with Crippen molar-refractivity contribution in [2.45, 2.75) is 9.79 Å². The topological polar surface area (TPSA) is 59.9 Å². The number of sulfone groups is 1. The van der Waals surface area contributed by atoms with Crippen LogP contribution in [-0.4, -0.2) is 27.9 Å². The van der Waals surface area contributed by atoms with E-state index in [1.54, 1.807) is 12.4 Å². The third-order valence-corrected chi connectivity index (χ3v) is 7.10. The summed E-state index contributed by atoms with van der Waals surface area (Å²) in [4.78, 5) is 8.50. The van der Waals surface area contributed by atoms with Crippen molar-refractivity contribution in [2.24, 2.45) is 0 Å². The lowest BCUT2D eigenvalue weighted by Crippen LogP contribution is -2.39. The minimum atomic E-state index is -3.39. The van der Waals surface area contributed by atoms with Crippen molar-refractivity contribution in [1.29, 1.82) is 0 Å². The van der Waals surface area contributed by atoms with E-state index in [9.17, 15) is 8.42 Å². The zero-order valence-corrected chi connectivity index (χ0v) is 10.5. The van der Waals surface area contributed by atoms with Crippen molar-refractivity contribution in [3.05, 3.63) is 36.9 Å². The maximum Gasteiger partial charge on any atom is 0.209 e. The van der Waals surface area contributed by atoms with Gasteiger partial charge in [0.2, 0.25) is 9.84 Å². The van der Waals surface area contributed by atoms with Crippen molar-refractivity contribution < 1.29 is 8.42 Å². The van der Waals surface area contributed by atoms with Gasteiger partial charge in [0.05, 0.1) is 19.3 Å². The summed E-state index contributed by atoms with van der Waals surface area (Å²) in [7, 11) is -4.11. The smallest absolute Gasteiger partial charge is 0.209 e. The number of nitrogens with zero attached hydrogens (tertiary/aromatic N) is 2. The molecule has 3 heterocycles. The highest BCUT2D eigenvalue weighted by atomic mass is 32.2. The first kappa shape index (κ1) is 9.68. The average molecular weight is 248 g/mol. The first-order valence-electron chi connectivity index (χ1n) is 4.80. The molecule has 0 N–H and O–H groups in total. The highest BCUT2D eigenvalue weighted by Gasteiger charge is 2.29. The predicted octanol–water partition coefficient (Wildman–Crippen LogP) is -1.26. The van der Waals surface area contributed by atoms with Gasteiger partial charge in [-0.25, -0.2) is 8.42 Å². The molecular weight excluding hydrogens is 240 g/mol. The monoisotopic (exact) mass is 248 g/mol. The molecular formula is C10H8N2O2SSi. The molecule has 0 atom stereocenters. The molecule has 0 spiro atoms. The average Bonchev–Trinajstić information content (AvgIpc) is 2.29. The fraction of sp³-hybridized carbons (Fsp3) is 0. The lowest BCUT2D eigenvalue weighted by Gasteiger charge is -2.17. The number of aromatic nitrogens is 2. The van der Waals surface area contributed by atoms with Crippen LogP contribution in [0.3, 0.4) is 0 Å². The Hall–Kier alpha value is -1.53. The van der Waals surface area contributed by atoms with Crippen molar-refractivity contribution in [3.63, 3.8) is 0 Å². The molecule has 0 bridgehead atoms. The summed E-state index contributed by atoms with van der Waals surface area (Å²) in [6.07, 6.45) is 6.17. The molecule has 6 heteroatoms. The molecule has 0 unspecified atom stereocenters. The Morgan fingerprint density at radius 3 is 1.94 bits per heavy atom. The predicted molar refractivity (Wildman–Crippen MR) is 61.7 cm³/mol. The van der Waals surface area contributed by atoms with Gasteiger partial charge in [-0.3, -0.25) is 9.97 Å². The van der Waals surface area contributed by atoms with Crippen LogP contribution >= 0.6 is 0 Å². The van der Waals surface area contributed by atoms with E-state index in [0.29, 0.717) is 9.79 Å². The normalized spacial score (nSPS) is 16.2.